The molecular formula is C21H23N3O2. The fourth-order valence-electron chi connectivity index (χ4n) is 3.55. The number of aryl methyl sites for hydroxylation is 1. The van der Waals surface area contributed by atoms with Crippen molar-refractivity contribution < 1.29 is 9.59 Å². The van der Waals surface area contributed by atoms with Crippen LogP contribution in [0.25, 0.3) is 0 Å². The predicted molar refractivity (Wildman–Crippen MR) is 99.4 cm³/mol. The zero-order chi connectivity index (χ0) is 18.1. The third kappa shape index (κ3) is 3.34. The molecule has 2 aliphatic rings. The summed E-state index contributed by atoms with van der Waals surface area (Å²) >= 11 is 0. The molecule has 5 nitrogen and oxygen atoms in total. The van der Waals surface area contributed by atoms with Gasteiger partial charge in [-0.2, -0.15) is 0 Å². The summed E-state index contributed by atoms with van der Waals surface area (Å²) in [6, 6.07) is 12.0. The van der Waals surface area contributed by atoms with Crippen molar-refractivity contribution in [3.8, 4) is 0 Å². The van der Waals surface area contributed by atoms with Crippen molar-refractivity contribution in [1.82, 2.24) is 9.88 Å². The molecule has 1 aliphatic carbocycles. The number of amides is 2. The zero-order valence-electron chi connectivity index (χ0n) is 15.0. The van der Waals surface area contributed by atoms with Crippen molar-refractivity contribution >= 4 is 17.5 Å². The molecule has 1 saturated carbocycles. The lowest BCUT2D eigenvalue weighted by molar-refractivity contribution is -0.140. The van der Waals surface area contributed by atoms with Crippen molar-refractivity contribution in [3.05, 3.63) is 59.9 Å². The Hall–Kier alpha value is -2.69. The van der Waals surface area contributed by atoms with Gasteiger partial charge in [-0.1, -0.05) is 17.7 Å². The highest BCUT2D eigenvalue weighted by Crippen LogP contribution is 2.33. The Kier molecular flexibility index (Phi) is 4.45. The summed E-state index contributed by atoms with van der Waals surface area (Å²) in [5, 5.41) is 0. The van der Waals surface area contributed by atoms with E-state index >= 15 is 0 Å². The lowest BCUT2D eigenvalue weighted by atomic mass is 10.1. The van der Waals surface area contributed by atoms with Gasteiger partial charge in [-0.05, 0) is 56.0 Å². The molecule has 2 amide bonds. The van der Waals surface area contributed by atoms with Gasteiger partial charge in [-0.15, -0.1) is 0 Å². The molecule has 2 fully saturated rings. The number of benzene rings is 1. The standard InChI is InChI=1S/C21H23N3O2/c1-15-2-4-17(5-3-15)23-13-10-19(20(23)25)21(26)24(18-6-7-18)14-16-8-11-22-12-9-16/h2-5,8-9,11-12,18-19H,6-7,10,13-14H2,1H3/t19-/m1/s1. The van der Waals surface area contributed by atoms with Crippen LogP contribution < -0.4 is 4.90 Å². The van der Waals surface area contributed by atoms with Crippen molar-refractivity contribution in [2.75, 3.05) is 11.4 Å². The topological polar surface area (TPSA) is 53.5 Å². The van der Waals surface area contributed by atoms with Crippen LogP contribution in [0.4, 0.5) is 5.69 Å². The molecule has 0 spiro atoms. The van der Waals surface area contributed by atoms with Crippen molar-refractivity contribution in [2.45, 2.75) is 38.8 Å². The van der Waals surface area contributed by atoms with Crippen LogP contribution in [0.3, 0.4) is 0 Å². The van der Waals surface area contributed by atoms with Crippen LogP contribution in [0.2, 0.25) is 0 Å². The SMILES string of the molecule is Cc1ccc(N2CC[C@@H](C(=O)N(Cc3ccncc3)C3CC3)C2=O)cc1. The molecule has 1 saturated heterocycles. The predicted octanol–water partition coefficient (Wildman–Crippen LogP) is 2.93. The highest BCUT2D eigenvalue weighted by Gasteiger charge is 2.43. The van der Waals surface area contributed by atoms with Gasteiger partial charge in [0.15, 0.2) is 0 Å². The summed E-state index contributed by atoms with van der Waals surface area (Å²) in [4.78, 5) is 33.7. The molecular weight excluding hydrogens is 326 g/mol. The summed E-state index contributed by atoms with van der Waals surface area (Å²) in [6.07, 6.45) is 6.12. The summed E-state index contributed by atoms with van der Waals surface area (Å²) in [5.74, 6) is -0.651. The molecule has 0 N–H and O–H groups in total. The maximum atomic E-state index is 13.1. The molecule has 26 heavy (non-hydrogen) atoms. The average Bonchev–Trinajstić information content (AvgIpc) is 3.43. The summed E-state index contributed by atoms with van der Waals surface area (Å²) in [5.41, 5.74) is 3.09. The Morgan fingerprint density at radius 3 is 2.46 bits per heavy atom. The van der Waals surface area contributed by atoms with Gasteiger partial charge in [0, 0.05) is 37.2 Å². The molecule has 4 rings (SSSR count). The fraction of sp³-hybridized carbons (Fsp3) is 0.381. The molecule has 5 heteroatoms. The van der Waals surface area contributed by atoms with Crippen molar-refractivity contribution in [2.24, 2.45) is 5.92 Å². The van der Waals surface area contributed by atoms with E-state index in [-0.39, 0.29) is 17.9 Å². The van der Waals surface area contributed by atoms with E-state index in [0.29, 0.717) is 19.5 Å². The summed E-state index contributed by atoms with van der Waals surface area (Å²) in [7, 11) is 0. The minimum absolute atomic E-state index is 0.0241. The van der Waals surface area contributed by atoms with E-state index in [9.17, 15) is 9.59 Å². The van der Waals surface area contributed by atoms with Crippen molar-refractivity contribution in [3.63, 3.8) is 0 Å². The number of carbonyl (C=O) groups excluding carboxylic acids is 2. The molecule has 1 aliphatic heterocycles. The van der Waals surface area contributed by atoms with E-state index < -0.39 is 5.92 Å². The highest BCUT2D eigenvalue weighted by molar-refractivity contribution is 6.09. The molecule has 134 valence electrons. The Bertz CT molecular complexity index is 800. The number of rotatable bonds is 5. The smallest absolute Gasteiger partial charge is 0.239 e. The van der Waals surface area contributed by atoms with Crippen molar-refractivity contribution in [1.29, 1.82) is 0 Å². The molecule has 0 unspecified atom stereocenters. The number of hydrogen-bond acceptors (Lipinski definition) is 3. The van der Waals surface area contributed by atoms with Gasteiger partial charge in [-0.3, -0.25) is 14.6 Å². The van der Waals surface area contributed by atoms with Crippen LogP contribution in [0.1, 0.15) is 30.4 Å². The Morgan fingerprint density at radius 2 is 1.81 bits per heavy atom. The lowest BCUT2D eigenvalue weighted by Gasteiger charge is -2.25. The second-order valence-electron chi connectivity index (χ2n) is 7.22. The minimum Gasteiger partial charge on any atom is -0.335 e. The molecule has 2 aromatic rings. The Morgan fingerprint density at radius 1 is 1.12 bits per heavy atom. The molecule has 0 radical (unpaired) electrons. The van der Waals surface area contributed by atoms with Crippen LogP contribution >= 0.6 is 0 Å². The first-order valence-electron chi connectivity index (χ1n) is 9.21. The lowest BCUT2D eigenvalue weighted by Crippen LogP contribution is -2.41. The minimum atomic E-state index is -0.557. The summed E-state index contributed by atoms with van der Waals surface area (Å²) < 4.78 is 0. The van der Waals surface area contributed by atoms with Crippen LogP contribution in [-0.4, -0.2) is 34.3 Å². The molecule has 1 atom stereocenters. The third-order valence-electron chi connectivity index (χ3n) is 5.22. The third-order valence-corrected chi connectivity index (χ3v) is 5.22. The number of carbonyl (C=O) groups is 2. The van der Waals surface area contributed by atoms with Gasteiger partial charge in [-0.25, -0.2) is 0 Å². The second-order valence-corrected chi connectivity index (χ2v) is 7.22. The maximum Gasteiger partial charge on any atom is 0.239 e. The normalized spacial score (nSPS) is 19.7. The van der Waals surface area contributed by atoms with Gasteiger partial charge in [0.2, 0.25) is 11.8 Å². The van der Waals surface area contributed by atoms with E-state index in [4.69, 9.17) is 0 Å². The first-order valence-corrected chi connectivity index (χ1v) is 9.21. The first-order chi connectivity index (χ1) is 12.6. The van der Waals surface area contributed by atoms with Crippen LogP contribution in [0.5, 0.6) is 0 Å². The van der Waals surface area contributed by atoms with Gasteiger partial charge in [0.25, 0.3) is 0 Å². The maximum absolute atomic E-state index is 13.1. The first kappa shape index (κ1) is 16.8. The van der Waals surface area contributed by atoms with E-state index in [0.717, 1.165) is 29.7 Å². The van der Waals surface area contributed by atoms with E-state index in [1.54, 1.807) is 17.3 Å². The molecule has 0 bridgehead atoms. The molecule has 1 aromatic heterocycles. The monoisotopic (exact) mass is 349 g/mol. The number of aromatic nitrogens is 1. The zero-order valence-corrected chi connectivity index (χ0v) is 15.0. The second kappa shape index (κ2) is 6.90. The van der Waals surface area contributed by atoms with E-state index in [2.05, 4.69) is 4.98 Å². The van der Waals surface area contributed by atoms with Crippen LogP contribution in [0.15, 0.2) is 48.8 Å². The largest absolute Gasteiger partial charge is 0.335 e. The fourth-order valence-corrected chi connectivity index (χ4v) is 3.55. The quantitative estimate of drug-likeness (QED) is 0.780. The highest BCUT2D eigenvalue weighted by atomic mass is 16.2. The van der Waals surface area contributed by atoms with Gasteiger partial charge >= 0.3 is 0 Å². The number of pyridine rings is 1. The number of hydrogen-bond donors (Lipinski definition) is 0. The van der Waals surface area contributed by atoms with E-state index in [1.165, 1.54) is 0 Å². The average molecular weight is 349 g/mol. The van der Waals surface area contributed by atoms with Gasteiger partial charge in [0.1, 0.15) is 5.92 Å². The van der Waals surface area contributed by atoms with E-state index in [1.807, 2.05) is 48.2 Å². The van der Waals surface area contributed by atoms with Crippen LogP contribution in [0, 0.1) is 12.8 Å². The Balaban J connectivity index is 1.50. The van der Waals surface area contributed by atoms with Crippen LogP contribution in [-0.2, 0) is 16.1 Å². The van der Waals surface area contributed by atoms with Gasteiger partial charge in [0.05, 0.1) is 0 Å². The molecule has 1 aromatic carbocycles. The Labute approximate surface area is 153 Å². The number of anilines is 1. The number of nitrogens with zero attached hydrogens (tertiary/aromatic N) is 3. The summed E-state index contributed by atoms with van der Waals surface area (Å²) in [6.45, 7) is 3.18. The molecule has 2 heterocycles. The van der Waals surface area contributed by atoms with Gasteiger partial charge < -0.3 is 9.80 Å².